The number of alkyl halides is 3. The molecule has 2 rings (SSSR count). The smallest absolute Gasteiger partial charge is 0.352 e. The molecule has 0 aromatic carbocycles. The van der Waals surface area contributed by atoms with Crippen molar-refractivity contribution in [3.63, 3.8) is 0 Å². The maximum atomic E-state index is 12.2. The first-order valence-electron chi connectivity index (χ1n) is 6.54. The van der Waals surface area contributed by atoms with Crippen molar-refractivity contribution < 1.29 is 22.5 Å². The molecule has 0 bridgehead atoms. The average molecular weight is 330 g/mol. The molecule has 2 N–H and O–H groups in total. The second kappa shape index (κ2) is 7.03. The van der Waals surface area contributed by atoms with Gasteiger partial charge in [0.1, 0.15) is 0 Å². The lowest BCUT2D eigenvalue weighted by Gasteiger charge is -2.07. The first-order valence-corrected chi connectivity index (χ1v) is 6.54. The summed E-state index contributed by atoms with van der Waals surface area (Å²) >= 11 is 0. The van der Waals surface area contributed by atoms with Gasteiger partial charge in [0.2, 0.25) is 11.8 Å². The minimum Gasteiger partial charge on any atom is -0.352 e. The quantitative estimate of drug-likeness (QED) is 0.823. The van der Waals surface area contributed by atoms with Gasteiger partial charge in [0.25, 0.3) is 11.7 Å². The SMILES string of the molecule is CNC(=O)c1noc(CNc2nccc(CCC(F)(F)F)n2)n1. The molecule has 0 fully saturated rings. The summed E-state index contributed by atoms with van der Waals surface area (Å²) < 4.78 is 41.4. The molecule has 0 spiro atoms. The van der Waals surface area contributed by atoms with E-state index in [0.717, 1.165) is 0 Å². The van der Waals surface area contributed by atoms with Crippen LogP contribution in [0.1, 0.15) is 28.6 Å². The van der Waals surface area contributed by atoms with Crippen LogP contribution < -0.4 is 10.6 Å². The van der Waals surface area contributed by atoms with Gasteiger partial charge in [0.05, 0.1) is 6.54 Å². The molecule has 2 heterocycles. The Hall–Kier alpha value is -2.72. The Kier molecular flexibility index (Phi) is 5.09. The van der Waals surface area contributed by atoms with Crippen LogP contribution in [0.5, 0.6) is 0 Å². The highest BCUT2D eigenvalue weighted by Crippen LogP contribution is 2.21. The van der Waals surface area contributed by atoms with Crippen LogP contribution in [0.25, 0.3) is 0 Å². The maximum Gasteiger partial charge on any atom is 0.389 e. The Morgan fingerprint density at radius 1 is 1.35 bits per heavy atom. The van der Waals surface area contributed by atoms with Crippen LogP contribution in [-0.2, 0) is 13.0 Å². The van der Waals surface area contributed by atoms with Gasteiger partial charge in [0.15, 0.2) is 0 Å². The highest BCUT2D eigenvalue weighted by molar-refractivity contribution is 5.89. The van der Waals surface area contributed by atoms with E-state index < -0.39 is 18.5 Å². The molecule has 11 heteroatoms. The summed E-state index contributed by atoms with van der Waals surface area (Å²) in [7, 11) is 1.43. The normalized spacial score (nSPS) is 11.3. The van der Waals surface area contributed by atoms with Crippen LogP contribution in [0.3, 0.4) is 0 Å². The van der Waals surface area contributed by atoms with Gasteiger partial charge >= 0.3 is 6.18 Å². The minimum absolute atomic E-state index is 0.0344. The van der Waals surface area contributed by atoms with Crippen LogP contribution in [0.4, 0.5) is 19.1 Å². The summed E-state index contributed by atoms with van der Waals surface area (Å²) in [6, 6.07) is 1.41. The largest absolute Gasteiger partial charge is 0.389 e. The Morgan fingerprint density at radius 3 is 2.83 bits per heavy atom. The topological polar surface area (TPSA) is 106 Å². The molecule has 8 nitrogen and oxygen atoms in total. The van der Waals surface area contributed by atoms with E-state index in [4.69, 9.17) is 4.52 Å². The molecular weight excluding hydrogens is 317 g/mol. The van der Waals surface area contributed by atoms with Crippen molar-refractivity contribution in [3.05, 3.63) is 29.7 Å². The van der Waals surface area contributed by atoms with Crippen molar-refractivity contribution in [2.75, 3.05) is 12.4 Å². The highest BCUT2D eigenvalue weighted by Gasteiger charge is 2.26. The number of aryl methyl sites for hydroxylation is 1. The van der Waals surface area contributed by atoms with E-state index in [2.05, 4.69) is 30.7 Å². The predicted molar refractivity (Wildman–Crippen MR) is 71.4 cm³/mol. The number of nitrogens with one attached hydrogen (secondary N) is 2. The van der Waals surface area contributed by atoms with E-state index >= 15 is 0 Å². The first kappa shape index (κ1) is 16.6. The van der Waals surface area contributed by atoms with E-state index in [1.807, 2.05) is 0 Å². The molecule has 0 aliphatic heterocycles. The van der Waals surface area contributed by atoms with Gasteiger partial charge in [0, 0.05) is 25.4 Å². The number of anilines is 1. The van der Waals surface area contributed by atoms with Crippen molar-refractivity contribution in [2.45, 2.75) is 25.6 Å². The number of nitrogens with zero attached hydrogens (tertiary/aromatic N) is 4. The van der Waals surface area contributed by atoms with E-state index in [1.165, 1.54) is 19.3 Å². The number of rotatable bonds is 6. The average Bonchev–Trinajstić information content (AvgIpc) is 2.99. The van der Waals surface area contributed by atoms with E-state index in [0.29, 0.717) is 0 Å². The van der Waals surface area contributed by atoms with Gasteiger partial charge in [-0.25, -0.2) is 9.97 Å². The number of hydrogen-bond donors (Lipinski definition) is 2. The third kappa shape index (κ3) is 5.20. The summed E-state index contributed by atoms with van der Waals surface area (Å²) in [4.78, 5) is 22.9. The molecule has 0 unspecified atom stereocenters. The highest BCUT2D eigenvalue weighted by atomic mass is 19.4. The Balaban J connectivity index is 1.93. The van der Waals surface area contributed by atoms with Crippen LogP contribution in [0, 0.1) is 0 Å². The zero-order valence-corrected chi connectivity index (χ0v) is 12.0. The van der Waals surface area contributed by atoms with Crippen LogP contribution >= 0.6 is 0 Å². The summed E-state index contributed by atoms with van der Waals surface area (Å²) in [5.74, 6) is -0.369. The zero-order chi connectivity index (χ0) is 16.9. The monoisotopic (exact) mass is 330 g/mol. The molecular formula is C12H13F3N6O2. The molecule has 0 aliphatic rings. The lowest BCUT2D eigenvalue weighted by Crippen LogP contribution is -2.19. The fourth-order valence-corrected chi connectivity index (χ4v) is 1.58. The molecule has 0 radical (unpaired) electrons. The molecule has 0 saturated heterocycles. The number of aromatic nitrogens is 4. The zero-order valence-electron chi connectivity index (χ0n) is 12.0. The number of carbonyl (C=O) groups excluding carboxylic acids is 1. The van der Waals surface area contributed by atoms with Crippen LogP contribution in [-0.4, -0.2) is 39.2 Å². The molecule has 2 aromatic heterocycles. The summed E-state index contributed by atoms with van der Waals surface area (Å²) in [5.41, 5.74) is 0.261. The van der Waals surface area contributed by atoms with Crippen LogP contribution in [0.15, 0.2) is 16.8 Å². The maximum absolute atomic E-state index is 12.2. The van der Waals surface area contributed by atoms with Gasteiger partial charge in [-0.15, -0.1) is 0 Å². The third-order valence-electron chi connectivity index (χ3n) is 2.67. The summed E-state index contributed by atoms with van der Waals surface area (Å²) in [5, 5.41) is 8.55. The van der Waals surface area contributed by atoms with Gasteiger partial charge < -0.3 is 15.2 Å². The second-order valence-corrected chi connectivity index (χ2v) is 4.43. The third-order valence-corrected chi connectivity index (χ3v) is 2.67. The van der Waals surface area contributed by atoms with Gasteiger partial charge in [-0.1, -0.05) is 5.16 Å². The summed E-state index contributed by atoms with van der Waals surface area (Å²) in [6.45, 7) is 0.0344. The molecule has 0 saturated carbocycles. The summed E-state index contributed by atoms with van der Waals surface area (Å²) in [6.07, 6.45) is -4.08. The number of halogens is 3. The van der Waals surface area contributed by atoms with Crippen molar-refractivity contribution in [1.82, 2.24) is 25.4 Å². The fraction of sp³-hybridized carbons (Fsp3) is 0.417. The molecule has 0 aliphatic carbocycles. The Bertz CT molecular complexity index is 673. The first-order chi connectivity index (χ1) is 10.9. The van der Waals surface area contributed by atoms with Crippen molar-refractivity contribution in [2.24, 2.45) is 0 Å². The van der Waals surface area contributed by atoms with Crippen LogP contribution in [0.2, 0.25) is 0 Å². The molecule has 0 atom stereocenters. The van der Waals surface area contributed by atoms with Gasteiger partial charge in [-0.2, -0.15) is 18.2 Å². The predicted octanol–water partition coefficient (Wildman–Crippen LogP) is 1.33. The molecule has 124 valence electrons. The second-order valence-electron chi connectivity index (χ2n) is 4.43. The van der Waals surface area contributed by atoms with Crippen molar-refractivity contribution in [1.29, 1.82) is 0 Å². The van der Waals surface area contributed by atoms with E-state index in [-0.39, 0.29) is 36.3 Å². The number of amides is 1. The standard InChI is InChI=1S/C12H13F3N6O2/c1-16-10(22)9-20-8(23-21-9)6-18-11-17-5-3-7(19-11)2-4-12(13,14)15/h3,5H,2,4,6H2,1H3,(H,16,22)(H,17,18,19). The Labute approximate surface area is 128 Å². The number of hydrogen-bond acceptors (Lipinski definition) is 7. The van der Waals surface area contributed by atoms with Crippen molar-refractivity contribution >= 4 is 11.9 Å². The van der Waals surface area contributed by atoms with Gasteiger partial charge in [-0.3, -0.25) is 4.79 Å². The van der Waals surface area contributed by atoms with E-state index in [1.54, 1.807) is 0 Å². The number of carbonyl (C=O) groups is 1. The Morgan fingerprint density at radius 2 is 2.13 bits per heavy atom. The fourth-order valence-electron chi connectivity index (χ4n) is 1.58. The molecule has 1 amide bonds. The minimum atomic E-state index is -4.24. The van der Waals surface area contributed by atoms with Crippen molar-refractivity contribution in [3.8, 4) is 0 Å². The van der Waals surface area contributed by atoms with Gasteiger partial charge in [-0.05, 0) is 12.5 Å². The lowest BCUT2D eigenvalue weighted by molar-refractivity contribution is -0.134. The lowest BCUT2D eigenvalue weighted by atomic mass is 10.2. The molecule has 2 aromatic rings. The molecule has 23 heavy (non-hydrogen) atoms. The van der Waals surface area contributed by atoms with E-state index in [9.17, 15) is 18.0 Å².